The van der Waals surface area contributed by atoms with Gasteiger partial charge in [-0.15, -0.1) is 0 Å². The van der Waals surface area contributed by atoms with E-state index in [0.717, 1.165) is 11.8 Å². The van der Waals surface area contributed by atoms with Crippen molar-refractivity contribution >= 4 is 23.4 Å². The van der Waals surface area contributed by atoms with Gasteiger partial charge in [0.2, 0.25) is 0 Å². The molecule has 1 aromatic heterocycles. The third kappa shape index (κ3) is 2.62. The molecule has 0 unspecified atom stereocenters. The van der Waals surface area contributed by atoms with E-state index in [0.29, 0.717) is 6.07 Å². The summed E-state index contributed by atoms with van der Waals surface area (Å²) in [5, 5.41) is 8.23. The van der Waals surface area contributed by atoms with Crippen LogP contribution >= 0.6 is 23.4 Å². The van der Waals surface area contributed by atoms with Crippen LogP contribution in [0.1, 0.15) is 5.56 Å². The van der Waals surface area contributed by atoms with Crippen LogP contribution in [0.2, 0.25) is 5.02 Å². The summed E-state index contributed by atoms with van der Waals surface area (Å²) in [5.41, 5.74) is -2.97. The molecule has 4 nitrogen and oxygen atoms in total. The quantitative estimate of drug-likeness (QED) is 0.397. The molecule has 1 N–H and O–H groups in total. The van der Waals surface area contributed by atoms with E-state index < -0.39 is 44.9 Å². The standard InChI is InChI=1S/C12H5ClF3N3OS/c1-21-12-18-10(4(3-17)11(20)19-12)7-6(14)2-5(13)8(15)9(7)16/h2H,1H3,(H,18,19,20). The topological polar surface area (TPSA) is 69.5 Å². The molecule has 0 atom stereocenters. The number of hydrogen-bond acceptors (Lipinski definition) is 4. The van der Waals surface area contributed by atoms with Gasteiger partial charge >= 0.3 is 0 Å². The van der Waals surface area contributed by atoms with Gasteiger partial charge in [0, 0.05) is 0 Å². The first-order valence-corrected chi connectivity index (χ1v) is 6.92. The molecule has 0 bridgehead atoms. The Balaban J connectivity index is 2.92. The molecule has 0 saturated carbocycles. The SMILES string of the molecule is CSc1nc(-c2c(F)cc(Cl)c(F)c2F)c(C#N)c(=O)[nH]1. The van der Waals surface area contributed by atoms with E-state index in [4.69, 9.17) is 16.9 Å². The van der Waals surface area contributed by atoms with Gasteiger partial charge in [0.15, 0.2) is 16.8 Å². The smallest absolute Gasteiger partial charge is 0.270 e. The molecule has 0 amide bonds. The summed E-state index contributed by atoms with van der Waals surface area (Å²) in [5.74, 6) is -4.31. The normalized spacial score (nSPS) is 10.5. The van der Waals surface area contributed by atoms with Crippen LogP contribution in [-0.4, -0.2) is 16.2 Å². The van der Waals surface area contributed by atoms with E-state index in [1.807, 2.05) is 0 Å². The van der Waals surface area contributed by atoms with Gasteiger partial charge in [-0.2, -0.15) is 5.26 Å². The lowest BCUT2D eigenvalue weighted by Gasteiger charge is -2.09. The molecule has 0 radical (unpaired) electrons. The summed E-state index contributed by atoms with van der Waals surface area (Å²) in [7, 11) is 0. The van der Waals surface area contributed by atoms with Gasteiger partial charge in [0.1, 0.15) is 23.1 Å². The summed E-state index contributed by atoms with van der Waals surface area (Å²) < 4.78 is 41.3. The van der Waals surface area contributed by atoms with Gasteiger partial charge in [0.25, 0.3) is 5.56 Å². The van der Waals surface area contributed by atoms with Crippen LogP contribution in [0.3, 0.4) is 0 Å². The van der Waals surface area contributed by atoms with Crippen LogP contribution in [0.25, 0.3) is 11.3 Å². The van der Waals surface area contributed by atoms with E-state index in [2.05, 4.69) is 9.97 Å². The number of aromatic nitrogens is 2. The van der Waals surface area contributed by atoms with Crippen LogP contribution in [-0.2, 0) is 0 Å². The van der Waals surface area contributed by atoms with Crippen LogP contribution in [0.15, 0.2) is 16.0 Å². The van der Waals surface area contributed by atoms with Crippen molar-refractivity contribution in [2.75, 3.05) is 6.26 Å². The zero-order valence-corrected chi connectivity index (χ0v) is 11.9. The lowest BCUT2D eigenvalue weighted by molar-refractivity contribution is 0.498. The van der Waals surface area contributed by atoms with Crippen molar-refractivity contribution in [1.29, 1.82) is 5.26 Å². The van der Waals surface area contributed by atoms with Crippen molar-refractivity contribution in [3.63, 3.8) is 0 Å². The summed E-state index contributed by atoms with van der Waals surface area (Å²) in [4.78, 5) is 17.7. The lowest BCUT2D eigenvalue weighted by Crippen LogP contribution is -2.15. The Morgan fingerprint density at radius 1 is 1.38 bits per heavy atom. The molecule has 0 aliphatic rings. The molecular weight excluding hydrogens is 327 g/mol. The summed E-state index contributed by atoms with van der Waals surface area (Å²) in [6.07, 6.45) is 1.56. The molecule has 108 valence electrons. The summed E-state index contributed by atoms with van der Waals surface area (Å²) in [6, 6.07) is 2.05. The largest absolute Gasteiger partial charge is 0.300 e. The van der Waals surface area contributed by atoms with Gasteiger partial charge in [-0.1, -0.05) is 23.4 Å². The second-order valence-corrected chi connectivity index (χ2v) is 4.96. The highest BCUT2D eigenvalue weighted by molar-refractivity contribution is 7.98. The van der Waals surface area contributed by atoms with Gasteiger partial charge in [-0.3, -0.25) is 4.79 Å². The van der Waals surface area contributed by atoms with E-state index in [-0.39, 0.29) is 5.16 Å². The third-order valence-corrected chi connectivity index (χ3v) is 3.41. The van der Waals surface area contributed by atoms with Gasteiger partial charge in [0.05, 0.1) is 10.6 Å². The molecule has 2 aromatic rings. The summed E-state index contributed by atoms with van der Waals surface area (Å²) in [6.45, 7) is 0. The van der Waals surface area contributed by atoms with Crippen molar-refractivity contribution in [3.05, 3.63) is 44.5 Å². The fourth-order valence-electron chi connectivity index (χ4n) is 1.62. The number of thioether (sulfide) groups is 1. The Kier molecular flexibility index (Phi) is 4.25. The predicted molar refractivity (Wildman–Crippen MR) is 71.7 cm³/mol. The summed E-state index contributed by atoms with van der Waals surface area (Å²) >= 11 is 6.32. The number of aromatic amines is 1. The first-order valence-electron chi connectivity index (χ1n) is 5.32. The van der Waals surface area contributed by atoms with Crippen molar-refractivity contribution in [2.45, 2.75) is 5.16 Å². The highest BCUT2D eigenvalue weighted by Gasteiger charge is 2.24. The molecular formula is C12H5ClF3N3OS. The Bertz CT molecular complexity index is 832. The number of hydrogen-bond donors (Lipinski definition) is 1. The highest BCUT2D eigenvalue weighted by Crippen LogP contribution is 2.31. The number of rotatable bonds is 2. The highest BCUT2D eigenvalue weighted by atomic mass is 35.5. The number of nitrogens with zero attached hydrogens (tertiary/aromatic N) is 2. The predicted octanol–water partition coefficient (Wildman–Crippen LogP) is 3.10. The monoisotopic (exact) mass is 331 g/mol. The first kappa shape index (κ1) is 15.4. The van der Waals surface area contributed by atoms with Gasteiger partial charge < -0.3 is 4.98 Å². The fraction of sp³-hybridized carbons (Fsp3) is 0.0833. The van der Waals surface area contributed by atoms with E-state index in [1.54, 1.807) is 6.26 Å². The molecule has 0 saturated heterocycles. The zero-order chi connectivity index (χ0) is 15.7. The van der Waals surface area contributed by atoms with Crippen molar-refractivity contribution in [2.24, 2.45) is 0 Å². The fourth-order valence-corrected chi connectivity index (χ4v) is 2.17. The van der Waals surface area contributed by atoms with Crippen LogP contribution < -0.4 is 5.56 Å². The number of nitrogens with one attached hydrogen (secondary N) is 1. The van der Waals surface area contributed by atoms with E-state index in [9.17, 15) is 18.0 Å². The second kappa shape index (κ2) is 5.79. The molecule has 9 heteroatoms. The minimum atomic E-state index is -1.61. The maximum atomic E-state index is 13.9. The Morgan fingerprint density at radius 3 is 2.62 bits per heavy atom. The minimum absolute atomic E-state index is 0.0307. The Labute approximate surface area is 125 Å². The third-order valence-electron chi connectivity index (χ3n) is 2.55. The molecule has 0 aliphatic carbocycles. The van der Waals surface area contributed by atoms with Crippen molar-refractivity contribution < 1.29 is 13.2 Å². The molecule has 1 aromatic carbocycles. The molecule has 21 heavy (non-hydrogen) atoms. The van der Waals surface area contributed by atoms with Crippen LogP contribution in [0, 0.1) is 28.8 Å². The van der Waals surface area contributed by atoms with E-state index >= 15 is 0 Å². The molecule has 0 fully saturated rings. The minimum Gasteiger partial charge on any atom is -0.300 e. The van der Waals surface area contributed by atoms with Crippen molar-refractivity contribution in [1.82, 2.24) is 9.97 Å². The van der Waals surface area contributed by atoms with Gasteiger partial charge in [-0.05, 0) is 12.3 Å². The van der Waals surface area contributed by atoms with Gasteiger partial charge in [-0.25, -0.2) is 18.2 Å². The number of nitriles is 1. The number of halogens is 4. The first-order chi connectivity index (χ1) is 9.90. The Hall–Kier alpha value is -1.98. The second-order valence-electron chi connectivity index (χ2n) is 3.75. The molecule has 0 aliphatic heterocycles. The maximum absolute atomic E-state index is 13.9. The lowest BCUT2D eigenvalue weighted by atomic mass is 10.1. The zero-order valence-electron chi connectivity index (χ0n) is 10.3. The van der Waals surface area contributed by atoms with Crippen molar-refractivity contribution in [3.8, 4) is 17.3 Å². The number of H-pyrrole nitrogens is 1. The maximum Gasteiger partial charge on any atom is 0.270 e. The average molecular weight is 332 g/mol. The van der Waals surface area contributed by atoms with E-state index in [1.165, 1.54) is 6.07 Å². The average Bonchev–Trinajstić information content (AvgIpc) is 2.44. The van der Waals surface area contributed by atoms with Crippen LogP contribution in [0.5, 0.6) is 0 Å². The number of benzene rings is 1. The molecule has 1 heterocycles. The molecule has 2 rings (SSSR count). The van der Waals surface area contributed by atoms with Crippen LogP contribution in [0.4, 0.5) is 13.2 Å². The Morgan fingerprint density at radius 2 is 2.05 bits per heavy atom. The molecule has 0 spiro atoms.